The van der Waals surface area contributed by atoms with Crippen molar-refractivity contribution in [3.63, 3.8) is 0 Å². The molecule has 2 atom stereocenters. The van der Waals surface area contributed by atoms with Crippen LogP contribution >= 0.6 is 28.1 Å². The van der Waals surface area contributed by atoms with Gasteiger partial charge in [0, 0.05) is 29.8 Å². The SMILES string of the molecule is COc1ccc(OCCC#Cc2cn([C@H]3C=C[C@@H](CO)O3)c(=O)[nH]c2=O)c(CCNC(=S)Nc2ccc(Br)cn2)c1. The fourth-order valence-electron chi connectivity index (χ4n) is 3.82. The molecule has 4 rings (SSSR count). The first kappa shape index (κ1) is 30.0. The fraction of sp³-hybridized carbons (Fsp3) is 0.286. The first-order chi connectivity index (χ1) is 19.9. The number of thiocarbonyl (C=S) groups is 1. The molecule has 0 aliphatic carbocycles. The van der Waals surface area contributed by atoms with Crippen molar-refractivity contribution >= 4 is 39.1 Å². The second kappa shape index (κ2) is 14.6. The standard InChI is InChI=1S/C28H28BrN5O6S/c1-38-21-6-8-23(18(14-21)11-12-30-27(41)32-24-9-5-20(29)15-31-24)39-13-3-2-4-19-16-34(28(37)33-26(19)36)25-10-7-22(17-35)40-25/h5-10,14-16,22,25,35H,3,11-13,17H2,1H3,(H,33,36,37)(H2,30,31,32,41)/t22-,25+/m0/s1. The van der Waals surface area contributed by atoms with Crippen molar-refractivity contribution in [1.82, 2.24) is 19.9 Å². The van der Waals surface area contributed by atoms with Crippen LogP contribution in [0.2, 0.25) is 0 Å². The molecule has 1 aromatic carbocycles. The lowest BCUT2D eigenvalue weighted by Gasteiger charge is -2.14. The molecule has 3 aromatic rings. The Balaban J connectivity index is 1.32. The van der Waals surface area contributed by atoms with Crippen LogP contribution in [0.15, 0.2) is 68.9 Å². The van der Waals surface area contributed by atoms with E-state index in [1.54, 1.807) is 25.5 Å². The molecule has 1 aliphatic heterocycles. The summed E-state index contributed by atoms with van der Waals surface area (Å²) in [6.45, 7) is 0.613. The number of nitrogens with zero attached hydrogens (tertiary/aromatic N) is 2. The molecule has 41 heavy (non-hydrogen) atoms. The number of benzene rings is 1. The van der Waals surface area contributed by atoms with Gasteiger partial charge in [0.05, 0.1) is 20.3 Å². The average molecular weight is 643 g/mol. The van der Waals surface area contributed by atoms with Gasteiger partial charge in [-0.25, -0.2) is 9.78 Å². The molecular formula is C28H28BrN5O6S. The van der Waals surface area contributed by atoms with Crippen molar-refractivity contribution in [3.05, 3.63) is 91.3 Å². The molecule has 0 amide bonds. The summed E-state index contributed by atoms with van der Waals surface area (Å²) in [5.74, 6) is 7.73. The fourth-order valence-corrected chi connectivity index (χ4v) is 4.27. The molecule has 214 valence electrons. The summed E-state index contributed by atoms with van der Waals surface area (Å²) >= 11 is 8.71. The molecule has 13 heteroatoms. The Labute approximate surface area is 249 Å². The normalized spacial score (nSPS) is 15.6. The number of aromatic amines is 1. The molecule has 4 N–H and O–H groups in total. The monoisotopic (exact) mass is 641 g/mol. The average Bonchev–Trinajstić information content (AvgIpc) is 3.45. The van der Waals surface area contributed by atoms with Crippen LogP contribution in [0, 0.1) is 11.8 Å². The number of ether oxygens (including phenoxy) is 3. The first-order valence-corrected chi connectivity index (χ1v) is 13.8. The van der Waals surface area contributed by atoms with Crippen molar-refractivity contribution in [3.8, 4) is 23.3 Å². The van der Waals surface area contributed by atoms with E-state index in [4.69, 9.17) is 26.4 Å². The second-order valence-electron chi connectivity index (χ2n) is 8.71. The zero-order valence-electron chi connectivity index (χ0n) is 22.1. The zero-order valence-corrected chi connectivity index (χ0v) is 24.5. The van der Waals surface area contributed by atoms with Crippen molar-refractivity contribution in [2.45, 2.75) is 25.2 Å². The summed E-state index contributed by atoms with van der Waals surface area (Å²) in [4.78, 5) is 31.0. The van der Waals surface area contributed by atoms with E-state index < -0.39 is 23.6 Å². The van der Waals surface area contributed by atoms with E-state index in [-0.39, 0.29) is 18.8 Å². The molecule has 0 radical (unpaired) electrons. The van der Waals surface area contributed by atoms with Gasteiger partial charge in [-0.3, -0.25) is 14.3 Å². The maximum absolute atomic E-state index is 12.2. The Morgan fingerprint density at radius 2 is 2.15 bits per heavy atom. The van der Waals surface area contributed by atoms with E-state index in [1.807, 2.05) is 30.3 Å². The van der Waals surface area contributed by atoms with Crippen molar-refractivity contribution in [2.24, 2.45) is 0 Å². The third-order valence-corrected chi connectivity index (χ3v) is 6.57. The quantitative estimate of drug-likeness (QED) is 0.113. The van der Waals surface area contributed by atoms with E-state index in [9.17, 15) is 14.7 Å². The number of aromatic nitrogens is 3. The number of hydrogen-bond acceptors (Lipinski definition) is 8. The number of aliphatic hydroxyl groups is 1. The van der Waals surface area contributed by atoms with Crippen molar-refractivity contribution in [2.75, 3.05) is 32.2 Å². The van der Waals surface area contributed by atoms with Gasteiger partial charge in [0.15, 0.2) is 11.3 Å². The highest BCUT2D eigenvalue weighted by Crippen LogP contribution is 2.25. The van der Waals surface area contributed by atoms with E-state index in [2.05, 4.69) is 48.4 Å². The molecule has 3 heterocycles. The van der Waals surface area contributed by atoms with Crippen LogP contribution in [-0.2, 0) is 11.2 Å². The van der Waals surface area contributed by atoms with Gasteiger partial charge in [-0.1, -0.05) is 17.9 Å². The third kappa shape index (κ3) is 8.51. The smallest absolute Gasteiger partial charge is 0.330 e. The molecule has 11 nitrogen and oxygen atoms in total. The number of pyridine rings is 1. The lowest BCUT2D eigenvalue weighted by molar-refractivity contribution is -0.0103. The Kier molecular flexibility index (Phi) is 10.7. The maximum atomic E-state index is 12.2. The Bertz CT molecular complexity index is 1580. The lowest BCUT2D eigenvalue weighted by atomic mass is 10.1. The van der Waals surface area contributed by atoms with Crippen LogP contribution in [0.1, 0.15) is 23.8 Å². The number of rotatable bonds is 10. The van der Waals surface area contributed by atoms with Gasteiger partial charge in [-0.15, -0.1) is 0 Å². The van der Waals surface area contributed by atoms with E-state index in [1.165, 1.54) is 10.8 Å². The first-order valence-electron chi connectivity index (χ1n) is 12.6. The minimum atomic E-state index is -0.731. The van der Waals surface area contributed by atoms with Gasteiger partial charge < -0.3 is 30.0 Å². The van der Waals surface area contributed by atoms with Crippen LogP contribution in [-0.4, -0.2) is 57.7 Å². The molecule has 2 aromatic heterocycles. The predicted octanol–water partition coefficient (Wildman–Crippen LogP) is 2.50. The van der Waals surface area contributed by atoms with E-state index >= 15 is 0 Å². The number of halogens is 1. The van der Waals surface area contributed by atoms with Gasteiger partial charge in [0.2, 0.25) is 0 Å². The predicted molar refractivity (Wildman–Crippen MR) is 161 cm³/mol. The van der Waals surface area contributed by atoms with Gasteiger partial charge in [-0.05, 0) is 76.5 Å². The van der Waals surface area contributed by atoms with Crippen LogP contribution in [0.5, 0.6) is 11.5 Å². The van der Waals surface area contributed by atoms with Gasteiger partial charge in [-0.2, -0.15) is 0 Å². The lowest BCUT2D eigenvalue weighted by Crippen LogP contribution is -2.33. The maximum Gasteiger partial charge on any atom is 0.330 e. The van der Waals surface area contributed by atoms with Crippen LogP contribution in [0.3, 0.4) is 0 Å². The minimum Gasteiger partial charge on any atom is -0.497 e. The summed E-state index contributed by atoms with van der Waals surface area (Å²) in [6.07, 6.45) is 6.03. The molecule has 0 unspecified atom stereocenters. The minimum absolute atomic E-state index is 0.119. The summed E-state index contributed by atoms with van der Waals surface area (Å²) in [5.41, 5.74) is -0.175. The Hall–Kier alpha value is -3.96. The summed E-state index contributed by atoms with van der Waals surface area (Å²) in [6, 6.07) is 9.23. The van der Waals surface area contributed by atoms with Crippen LogP contribution in [0.25, 0.3) is 0 Å². The summed E-state index contributed by atoms with van der Waals surface area (Å²) in [7, 11) is 1.60. The Morgan fingerprint density at radius 3 is 2.88 bits per heavy atom. The second-order valence-corrected chi connectivity index (χ2v) is 10.0. The van der Waals surface area contributed by atoms with Crippen LogP contribution in [0.4, 0.5) is 5.82 Å². The van der Waals surface area contributed by atoms with Gasteiger partial charge >= 0.3 is 5.69 Å². The number of anilines is 1. The summed E-state index contributed by atoms with van der Waals surface area (Å²) in [5, 5.41) is 15.9. The van der Waals surface area contributed by atoms with Crippen LogP contribution < -0.4 is 31.4 Å². The number of nitrogens with one attached hydrogen (secondary N) is 3. The highest BCUT2D eigenvalue weighted by Gasteiger charge is 2.21. The number of H-pyrrole nitrogens is 1. The number of aliphatic hydroxyl groups excluding tert-OH is 1. The van der Waals surface area contributed by atoms with Crippen molar-refractivity contribution < 1.29 is 19.3 Å². The van der Waals surface area contributed by atoms with Crippen molar-refractivity contribution in [1.29, 1.82) is 0 Å². The Morgan fingerprint density at radius 1 is 1.29 bits per heavy atom. The van der Waals surface area contributed by atoms with Gasteiger partial charge in [0.1, 0.15) is 29.0 Å². The molecule has 0 saturated heterocycles. The molecule has 0 fully saturated rings. The largest absolute Gasteiger partial charge is 0.497 e. The highest BCUT2D eigenvalue weighted by molar-refractivity contribution is 9.10. The van der Waals surface area contributed by atoms with E-state index in [0.717, 1.165) is 10.0 Å². The molecule has 0 spiro atoms. The molecule has 0 bridgehead atoms. The molecular weight excluding hydrogens is 614 g/mol. The molecule has 0 saturated carbocycles. The number of hydrogen-bond donors (Lipinski definition) is 4. The molecule has 1 aliphatic rings. The van der Waals surface area contributed by atoms with Gasteiger partial charge in [0.25, 0.3) is 5.56 Å². The third-order valence-electron chi connectivity index (χ3n) is 5.85. The van der Waals surface area contributed by atoms with E-state index in [0.29, 0.717) is 41.8 Å². The topological polar surface area (TPSA) is 140 Å². The zero-order chi connectivity index (χ0) is 29.2. The number of methoxy groups -OCH3 is 1. The summed E-state index contributed by atoms with van der Waals surface area (Å²) < 4.78 is 19.0. The highest BCUT2D eigenvalue weighted by atomic mass is 79.9.